The molecule has 1 aromatic carbocycles. The summed E-state index contributed by atoms with van der Waals surface area (Å²) in [5.74, 6) is 0. The second-order valence-corrected chi connectivity index (χ2v) is 5.87. The highest BCUT2D eigenvalue weighted by molar-refractivity contribution is 8.22. The number of aliphatic hydroxyl groups is 1. The maximum atomic E-state index is 10.7. The van der Waals surface area contributed by atoms with Crippen molar-refractivity contribution in [1.29, 1.82) is 0 Å². The third-order valence-electron chi connectivity index (χ3n) is 2.53. The number of hydrogen-bond acceptors (Lipinski definition) is 3. The van der Waals surface area contributed by atoms with Crippen LogP contribution in [0.3, 0.4) is 0 Å². The van der Waals surface area contributed by atoms with E-state index in [9.17, 15) is 5.11 Å². The molecular formula is C13H15ClOS2. The summed E-state index contributed by atoms with van der Waals surface area (Å²) in [6, 6.07) is 7.20. The van der Waals surface area contributed by atoms with Crippen molar-refractivity contribution in [1.82, 2.24) is 0 Å². The Morgan fingerprint density at radius 3 is 2.59 bits per heavy atom. The van der Waals surface area contributed by atoms with Gasteiger partial charge in [0.1, 0.15) is 0 Å². The summed E-state index contributed by atoms with van der Waals surface area (Å²) in [7, 11) is 0. The van der Waals surface area contributed by atoms with Gasteiger partial charge in [-0.25, -0.2) is 0 Å². The van der Waals surface area contributed by atoms with Gasteiger partial charge in [0.15, 0.2) is 0 Å². The number of benzene rings is 1. The second-order valence-electron chi connectivity index (χ2n) is 3.78. The zero-order valence-electron chi connectivity index (χ0n) is 9.65. The molecule has 0 bridgehead atoms. The van der Waals surface area contributed by atoms with E-state index >= 15 is 0 Å². The Balaban J connectivity index is 3.01. The SMILES string of the molecule is C=CCC(O)(CC(=S)SC)c1ccc(Cl)cc1. The standard InChI is InChI=1S/C13H15ClOS2/c1-3-8-13(15,9-12(16)17-2)10-4-6-11(14)7-5-10/h3-7,15H,1,8-9H2,2H3. The van der Waals surface area contributed by atoms with Gasteiger partial charge in [-0.05, 0) is 30.4 Å². The molecule has 0 saturated carbocycles. The largest absolute Gasteiger partial charge is 0.384 e. The van der Waals surface area contributed by atoms with Gasteiger partial charge in [-0.15, -0.1) is 18.3 Å². The molecule has 0 spiro atoms. The fourth-order valence-corrected chi connectivity index (χ4v) is 2.35. The lowest BCUT2D eigenvalue weighted by Gasteiger charge is -2.27. The molecule has 0 aliphatic carbocycles. The van der Waals surface area contributed by atoms with E-state index in [-0.39, 0.29) is 0 Å². The van der Waals surface area contributed by atoms with Crippen LogP contribution in [0.15, 0.2) is 36.9 Å². The quantitative estimate of drug-likeness (QED) is 0.648. The van der Waals surface area contributed by atoms with Crippen molar-refractivity contribution >= 4 is 39.8 Å². The van der Waals surface area contributed by atoms with E-state index in [0.717, 1.165) is 9.76 Å². The van der Waals surface area contributed by atoms with Crippen LogP contribution in [0.1, 0.15) is 18.4 Å². The van der Waals surface area contributed by atoms with Crippen molar-refractivity contribution < 1.29 is 5.11 Å². The van der Waals surface area contributed by atoms with Crippen molar-refractivity contribution in [2.45, 2.75) is 18.4 Å². The van der Waals surface area contributed by atoms with E-state index in [1.807, 2.05) is 18.4 Å². The smallest absolute Gasteiger partial charge is 0.0984 e. The minimum Gasteiger partial charge on any atom is -0.384 e. The zero-order chi connectivity index (χ0) is 12.9. The Labute approximate surface area is 117 Å². The molecule has 0 saturated heterocycles. The Bertz CT molecular complexity index is 402. The van der Waals surface area contributed by atoms with Gasteiger partial charge in [-0.2, -0.15) is 0 Å². The first-order valence-corrected chi connectivity index (χ1v) is 7.19. The van der Waals surface area contributed by atoms with E-state index in [4.69, 9.17) is 23.8 Å². The highest BCUT2D eigenvalue weighted by atomic mass is 35.5. The molecule has 0 aliphatic heterocycles. The molecule has 0 aromatic heterocycles. The molecule has 0 amide bonds. The van der Waals surface area contributed by atoms with Crippen LogP contribution in [0.4, 0.5) is 0 Å². The lowest BCUT2D eigenvalue weighted by molar-refractivity contribution is 0.0488. The molecule has 17 heavy (non-hydrogen) atoms. The van der Waals surface area contributed by atoms with Crippen molar-refractivity contribution in [3.63, 3.8) is 0 Å². The van der Waals surface area contributed by atoms with E-state index in [1.165, 1.54) is 11.8 Å². The monoisotopic (exact) mass is 286 g/mol. The predicted octanol–water partition coefficient (Wildman–Crippen LogP) is 4.18. The van der Waals surface area contributed by atoms with Gasteiger partial charge in [0.2, 0.25) is 0 Å². The summed E-state index contributed by atoms with van der Waals surface area (Å²) >= 11 is 12.5. The van der Waals surface area contributed by atoms with Gasteiger partial charge >= 0.3 is 0 Å². The first-order valence-electron chi connectivity index (χ1n) is 5.18. The number of halogens is 1. The summed E-state index contributed by atoms with van der Waals surface area (Å²) in [6.45, 7) is 3.69. The Hall–Kier alpha value is -0.350. The van der Waals surface area contributed by atoms with E-state index in [1.54, 1.807) is 18.2 Å². The van der Waals surface area contributed by atoms with Crippen LogP contribution < -0.4 is 0 Å². The highest BCUT2D eigenvalue weighted by Crippen LogP contribution is 2.32. The molecule has 1 N–H and O–H groups in total. The van der Waals surface area contributed by atoms with Gasteiger partial charge < -0.3 is 5.11 Å². The fraction of sp³-hybridized carbons (Fsp3) is 0.308. The van der Waals surface area contributed by atoms with Crippen LogP contribution in [-0.4, -0.2) is 15.6 Å². The zero-order valence-corrected chi connectivity index (χ0v) is 12.0. The molecule has 1 atom stereocenters. The summed E-state index contributed by atoms with van der Waals surface area (Å²) < 4.78 is 0.782. The average molecular weight is 287 g/mol. The summed E-state index contributed by atoms with van der Waals surface area (Å²) in [5, 5.41) is 11.3. The number of thioether (sulfide) groups is 1. The van der Waals surface area contributed by atoms with Gasteiger partial charge in [0.05, 0.1) is 9.80 Å². The molecule has 1 aromatic rings. The second kappa shape index (κ2) is 6.55. The van der Waals surface area contributed by atoms with Crippen LogP contribution in [0, 0.1) is 0 Å². The molecule has 1 nitrogen and oxygen atoms in total. The van der Waals surface area contributed by atoms with Gasteiger partial charge in [-0.1, -0.05) is 42.0 Å². The molecule has 0 aliphatic rings. The third kappa shape index (κ3) is 4.11. The molecule has 0 radical (unpaired) electrons. The molecular weight excluding hydrogens is 272 g/mol. The van der Waals surface area contributed by atoms with E-state index in [2.05, 4.69) is 6.58 Å². The lowest BCUT2D eigenvalue weighted by atomic mass is 9.88. The normalized spacial score (nSPS) is 14.1. The summed E-state index contributed by atoms with van der Waals surface area (Å²) in [4.78, 5) is 0. The molecule has 0 heterocycles. The van der Waals surface area contributed by atoms with Crippen LogP contribution in [0.2, 0.25) is 5.02 Å². The third-order valence-corrected chi connectivity index (χ3v) is 4.02. The molecule has 1 unspecified atom stereocenters. The molecule has 4 heteroatoms. The molecule has 92 valence electrons. The highest BCUT2D eigenvalue weighted by Gasteiger charge is 2.29. The average Bonchev–Trinajstić information content (AvgIpc) is 2.29. The van der Waals surface area contributed by atoms with E-state index < -0.39 is 5.60 Å². The van der Waals surface area contributed by atoms with Gasteiger partial charge in [0, 0.05) is 11.4 Å². The Kier molecular flexibility index (Phi) is 5.67. The van der Waals surface area contributed by atoms with Gasteiger partial charge in [-0.3, -0.25) is 0 Å². The first-order chi connectivity index (χ1) is 8.01. The van der Waals surface area contributed by atoms with Crippen molar-refractivity contribution in [2.24, 2.45) is 0 Å². The molecule has 0 fully saturated rings. The number of hydrogen-bond donors (Lipinski definition) is 1. The first kappa shape index (κ1) is 14.7. The van der Waals surface area contributed by atoms with Crippen molar-refractivity contribution in [3.05, 3.63) is 47.5 Å². The van der Waals surface area contributed by atoms with Gasteiger partial charge in [0.25, 0.3) is 0 Å². The van der Waals surface area contributed by atoms with Crippen molar-refractivity contribution in [3.8, 4) is 0 Å². The van der Waals surface area contributed by atoms with Crippen LogP contribution in [0.25, 0.3) is 0 Å². The number of thiocarbonyl (C=S) groups is 1. The lowest BCUT2D eigenvalue weighted by Crippen LogP contribution is -2.27. The fourth-order valence-electron chi connectivity index (χ4n) is 1.60. The van der Waals surface area contributed by atoms with Crippen LogP contribution >= 0.6 is 35.6 Å². The summed E-state index contributed by atoms with van der Waals surface area (Å²) in [6.07, 6.45) is 4.53. The number of rotatable bonds is 5. The minimum atomic E-state index is -0.980. The van der Waals surface area contributed by atoms with Crippen LogP contribution in [-0.2, 0) is 5.60 Å². The topological polar surface area (TPSA) is 20.2 Å². The summed E-state index contributed by atoms with van der Waals surface area (Å²) in [5.41, 5.74) is -0.162. The molecule has 1 rings (SSSR count). The maximum Gasteiger partial charge on any atom is 0.0984 e. The minimum absolute atomic E-state index is 0.442. The maximum absolute atomic E-state index is 10.7. The van der Waals surface area contributed by atoms with Crippen molar-refractivity contribution in [2.75, 3.05) is 6.26 Å². The Morgan fingerprint density at radius 1 is 1.53 bits per heavy atom. The Morgan fingerprint density at radius 2 is 2.12 bits per heavy atom. The van der Waals surface area contributed by atoms with E-state index in [0.29, 0.717) is 17.9 Å². The van der Waals surface area contributed by atoms with Crippen LogP contribution in [0.5, 0.6) is 0 Å². The predicted molar refractivity (Wildman–Crippen MR) is 80.9 cm³/mol.